The van der Waals surface area contributed by atoms with Crippen molar-refractivity contribution in [1.29, 1.82) is 0 Å². The highest BCUT2D eigenvalue weighted by Gasteiger charge is 2.29. The van der Waals surface area contributed by atoms with E-state index in [0.29, 0.717) is 49.0 Å². The summed E-state index contributed by atoms with van der Waals surface area (Å²) in [4.78, 5) is 30.4. The van der Waals surface area contributed by atoms with Gasteiger partial charge in [-0.05, 0) is 43.0 Å². The first-order valence-electron chi connectivity index (χ1n) is 10.9. The van der Waals surface area contributed by atoms with Gasteiger partial charge in [-0.15, -0.1) is 0 Å². The summed E-state index contributed by atoms with van der Waals surface area (Å²) in [6.07, 6.45) is 3.11. The Morgan fingerprint density at radius 2 is 1.97 bits per heavy atom. The van der Waals surface area contributed by atoms with Crippen molar-refractivity contribution in [2.45, 2.75) is 31.9 Å². The number of carbonyl (C=O) groups is 2. The predicted octanol–water partition coefficient (Wildman–Crippen LogP) is 4.09. The first-order valence-corrected chi connectivity index (χ1v) is 11.7. The van der Waals surface area contributed by atoms with Crippen LogP contribution in [0.5, 0.6) is 0 Å². The lowest BCUT2D eigenvalue weighted by Crippen LogP contribution is -2.45. The lowest BCUT2D eigenvalue weighted by Gasteiger charge is -2.30. The Morgan fingerprint density at radius 3 is 2.64 bits per heavy atom. The van der Waals surface area contributed by atoms with Gasteiger partial charge < -0.3 is 24.7 Å². The molecule has 2 atom stereocenters. The van der Waals surface area contributed by atoms with Gasteiger partial charge in [0.25, 0.3) is 11.8 Å². The van der Waals surface area contributed by atoms with E-state index in [1.165, 1.54) is 0 Å². The number of hydrogen-bond donors (Lipinski definition) is 2. The largest absolute Gasteiger partial charge is 0.378 e. The van der Waals surface area contributed by atoms with Gasteiger partial charge in [-0.3, -0.25) is 9.59 Å². The van der Waals surface area contributed by atoms with Gasteiger partial charge in [0.05, 0.1) is 35.4 Å². The zero-order valence-electron chi connectivity index (χ0n) is 18.6. The van der Waals surface area contributed by atoms with E-state index in [1.54, 1.807) is 14.0 Å². The highest BCUT2D eigenvalue weighted by molar-refractivity contribution is 6.44. The number of nitrogens with zero attached hydrogens (tertiary/aromatic N) is 1. The van der Waals surface area contributed by atoms with Crippen molar-refractivity contribution in [1.82, 2.24) is 15.2 Å². The summed E-state index contributed by atoms with van der Waals surface area (Å²) in [5.41, 5.74) is 3.62. The number of hydrogen-bond acceptors (Lipinski definition) is 4. The number of morpholine rings is 1. The monoisotopic (exact) mass is 491 g/mol. The molecule has 176 valence electrons. The lowest BCUT2D eigenvalue weighted by molar-refractivity contribution is 0.0303. The van der Waals surface area contributed by atoms with Crippen molar-refractivity contribution < 1.29 is 19.1 Å². The fourth-order valence-electron chi connectivity index (χ4n) is 4.27. The Kier molecular flexibility index (Phi) is 7.44. The van der Waals surface area contributed by atoms with E-state index in [9.17, 15) is 9.59 Å². The van der Waals surface area contributed by atoms with Crippen LogP contribution in [0.25, 0.3) is 5.57 Å². The number of aryl methyl sites for hydroxylation is 1. The molecular formula is C24H27Cl2N3O4. The van der Waals surface area contributed by atoms with Crippen LogP contribution in [0.15, 0.2) is 30.3 Å². The van der Waals surface area contributed by atoms with Crippen LogP contribution in [0, 0.1) is 6.92 Å². The number of halogens is 2. The summed E-state index contributed by atoms with van der Waals surface area (Å²) in [6.45, 7) is 4.11. The molecule has 0 radical (unpaired) electrons. The molecule has 1 saturated heterocycles. The zero-order chi connectivity index (χ0) is 23.5. The van der Waals surface area contributed by atoms with E-state index in [2.05, 4.69) is 10.3 Å². The molecule has 1 aromatic heterocycles. The number of aromatic nitrogens is 1. The molecule has 1 fully saturated rings. The molecule has 1 aromatic carbocycles. The van der Waals surface area contributed by atoms with Crippen LogP contribution in [0.3, 0.4) is 0 Å². The van der Waals surface area contributed by atoms with Crippen molar-refractivity contribution in [3.8, 4) is 0 Å². The number of benzene rings is 1. The smallest absolute Gasteiger partial charge is 0.269 e. The third kappa shape index (κ3) is 5.11. The second kappa shape index (κ2) is 10.3. The topological polar surface area (TPSA) is 83.7 Å². The van der Waals surface area contributed by atoms with E-state index >= 15 is 0 Å². The van der Waals surface area contributed by atoms with Crippen LogP contribution in [-0.4, -0.2) is 67.3 Å². The molecular weight excluding hydrogens is 465 g/mol. The number of H-pyrrole nitrogens is 1. The van der Waals surface area contributed by atoms with Crippen molar-refractivity contribution in [2.75, 3.05) is 33.4 Å². The van der Waals surface area contributed by atoms with Gasteiger partial charge in [0.1, 0.15) is 5.69 Å². The maximum absolute atomic E-state index is 12.9. The van der Waals surface area contributed by atoms with E-state index in [1.807, 2.05) is 35.2 Å². The fraction of sp³-hybridized carbons (Fsp3) is 0.417. The average molecular weight is 492 g/mol. The maximum Gasteiger partial charge on any atom is 0.269 e. The Labute approximate surface area is 203 Å². The molecule has 2 heterocycles. The lowest BCUT2D eigenvalue weighted by atomic mass is 9.88. The van der Waals surface area contributed by atoms with Crippen molar-refractivity contribution in [3.63, 3.8) is 0 Å². The van der Waals surface area contributed by atoms with Gasteiger partial charge in [-0.1, -0.05) is 41.4 Å². The number of rotatable bonds is 5. The molecule has 1 aliphatic heterocycles. The molecule has 2 aromatic rings. The number of methoxy groups -OCH3 is 1. The maximum atomic E-state index is 12.9. The van der Waals surface area contributed by atoms with E-state index in [-0.39, 0.29) is 34.7 Å². The molecule has 0 unspecified atom stereocenters. The molecule has 2 amide bonds. The normalized spacial score (nSPS) is 21.0. The minimum Gasteiger partial charge on any atom is -0.378 e. The second-order valence-electron chi connectivity index (χ2n) is 8.25. The first-order chi connectivity index (χ1) is 15.9. The van der Waals surface area contributed by atoms with Crippen LogP contribution in [-0.2, 0) is 9.47 Å². The highest BCUT2D eigenvalue weighted by atomic mass is 35.5. The van der Waals surface area contributed by atoms with Gasteiger partial charge in [0, 0.05) is 31.5 Å². The second-order valence-corrected chi connectivity index (χ2v) is 9.01. The quantitative estimate of drug-likeness (QED) is 0.659. The molecule has 7 nitrogen and oxygen atoms in total. The van der Waals surface area contributed by atoms with Crippen molar-refractivity contribution in [2.24, 2.45) is 0 Å². The van der Waals surface area contributed by atoms with Crippen LogP contribution in [0.4, 0.5) is 0 Å². The van der Waals surface area contributed by atoms with E-state index in [4.69, 9.17) is 32.7 Å². The number of nitrogens with one attached hydrogen (secondary N) is 2. The van der Waals surface area contributed by atoms with Gasteiger partial charge >= 0.3 is 0 Å². The van der Waals surface area contributed by atoms with Gasteiger partial charge in [-0.25, -0.2) is 0 Å². The molecule has 4 rings (SSSR count). The third-order valence-electron chi connectivity index (χ3n) is 6.13. The van der Waals surface area contributed by atoms with Crippen molar-refractivity contribution >= 4 is 40.6 Å². The first kappa shape index (κ1) is 23.8. The van der Waals surface area contributed by atoms with Crippen LogP contribution < -0.4 is 5.32 Å². The SMILES string of the molecule is CO[C@H]1C=C(c2cccc(C(=O)N3CCOCC3)c2)CC[C@@H]1NC(=O)c1[nH]c(C)c(Cl)c1Cl. The average Bonchev–Trinajstić information content (AvgIpc) is 3.11. The number of allylic oxidation sites excluding steroid dienone is 1. The highest BCUT2D eigenvalue weighted by Crippen LogP contribution is 2.31. The summed E-state index contributed by atoms with van der Waals surface area (Å²) in [5.74, 6) is -0.307. The summed E-state index contributed by atoms with van der Waals surface area (Å²) >= 11 is 12.3. The van der Waals surface area contributed by atoms with E-state index in [0.717, 1.165) is 17.6 Å². The minimum atomic E-state index is -0.322. The van der Waals surface area contributed by atoms with Crippen molar-refractivity contribution in [3.05, 3.63) is 62.9 Å². The zero-order valence-corrected chi connectivity index (χ0v) is 20.1. The van der Waals surface area contributed by atoms with Gasteiger partial charge in [-0.2, -0.15) is 0 Å². The van der Waals surface area contributed by atoms with Gasteiger partial charge in [0.2, 0.25) is 0 Å². The van der Waals surface area contributed by atoms with Crippen LogP contribution in [0.2, 0.25) is 10.0 Å². The Bertz CT molecular complexity index is 1080. The summed E-state index contributed by atoms with van der Waals surface area (Å²) in [7, 11) is 1.62. The minimum absolute atomic E-state index is 0.0155. The molecule has 0 bridgehead atoms. The summed E-state index contributed by atoms with van der Waals surface area (Å²) in [6, 6.07) is 7.45. The number of aromatic amines is 1. The molecule has 9 heteroatoms. The predicted molar refractivity (Wildman–Crippen MR) is 128 cm³/mol. The number of ether oxygens (including phenoxy) is 2. The molecule has 2 aliphatic rings. The summed E-state index contributed by atoms with van der Waals surface area (Å²) in [5, 5.41) is 3.57. The molecule has 2 N–H and O–H groups in total. The Morgan fingerprint density at radius 1 is 1.21 bits per heavy atom. The molecule has 33 heavy (non-hydrogen) atoms. The van der Waals surface area contributed by atoms with Crippen LogP contribution in [0.1, 0.15) is 44.9 Å². The molecule has 1 aliphatic carbocycles. The van der Waals surface area contributed by atoms with Crippen LogP contribution >= 0.6 is 23.2 Å². The fourth-order valence-corrected chi connectivity index (χ4v) is 4.69. The number of carbonyl (C=O) groups excluding carboxylic acids is 2. The molecule has 0 spiro atoms. The number of amides is 2. The Balaban J connectivity index is 1.49. The van der Waals surface area contributed by atoms with E-state index < -0.39 is 0 Å². The van der Waals surface area contributed by atoms with Gasteiger partial charge in [0.15, 0.2) is 0 Å². The Hall–Kier alpha value is -2.32. The molecule has 0 saturated carbocycles. The standard InChI is InChI=1S/C24H27Cl2N3O4/c1-14-20(25)21(26)22(27-14)23(30)28-18-7-6-16(13-19(18)32-2)15-4-3-5-17(12-15)24(31)29-8-10-33-11-9-29/h3-5,12-13,18-19,27H,6-11H2,1-2H3,(H,28,30)/t18-,19-/m0/s1. The summed E-state index contributed by atoms with van der Waals surface area (Å²) < 4.78 is 11.0. The third-order valence-corrected chi connectivity index (χ3v) is 7.08.